The maximum atomic E-state index is 12.1. The van der Waals surface area contributed by atoms with Crippen molar-refractivity contribution in [2.75, 3.05) is 6.61 Å². The van der Waals surface area contributed by atoms with Crippen LogP contribution in [0.2, 0.25) is 0 Å². The predicted molar refractivity (Wildman–Crippen MR) is 55.5 cm³/mol. The SMILES string of the molecule is CCOC(=O)c1c(C#N)ccc(OC(F)(F)F)c1O. The molecular weight excluding hydrogens is 267 g/mol. The molecule has 5 nitrogen and oxygen atoms in total. The van der Waals surface area contributed by atoms with Crippen LogP contribution < -0.4 is 4.74 Å². The molecular formula is C11H8F3NO4. The van der Waals surface area contributed by atoms with E-state index in [0.29, 0.717) is 0 Å². The molecule has 0 spiro atoms. The standard InChI is InChI=1S/C11H8F3NO4/c1-2-18-10(17)8-6(5-15)3-4-7(9(8)16)19-11(12,13)14/h3-4,16H,2H2,1H3. The quantitative estimate of drug-likeness (QED) is 0.856. The normalized spacial score (nSPS) is 10.7. The van der Waals surface area contributed by atoms with Gasteiger partial charge >= 0.3 is 12.3 Å². The van der Waals surface area contributed by atoms with Crippen molar-refractivity contribution in [3.8, 4) is 17.6 Å². The summed E-state index contributed by atoms with van der Waals surface area (Å²) in [5, 5.41) is 18.3. The molecule has 1 aromatic carbocycles. The highest BCUT2D eigenvalue weighted by Gasteiger charge is 2.34. The minimum Gasteiger partial charge on any atom is -0.504 e. The first-order valence-corrected chi connectivity index (χ1v) is 4.99. The number of benzene rings is 1. The Balaban J connectivity index is 3.31. The van der Waals surface area contributed by atoms with Crippen LogP contribution in [0, 0.1) is 11.3 Å². The molecule has 8 heteroatoms. The fraction of sp³-hybridized carbons (Fsp3) is 0.273. The van der Waals surface area contributed by atoms with Crippen LogP contribution in [0.15, 0.2) is 12.1 Å². The van der Waals surface area contributed by atoms with Crippen molar-refractivity contribution >= 4 is 5.97 Å². The molecule has 0 aliphatic heterocycles. The van der Waals surface area contributed by atoms with Crippen molar-refractivity contribution < 1.29 is 32.5 Å². The molecule has 0 amide bonds. The number of halogens is 3. The molecule has 0 atom stereocenters. The molecule has 0 heterocycles. The molecule has 0 aromatic heterocycles. The maximum Gasteiger partial charge on any atom is 0.573 e. The van der Waals surface area contributed by atoms with Gasteiger partial charge in [0.2, 0.25) is 0 Å². The summed E-state index contributed by atoms with van der Waals surface area (Å²) in [6.07, 6.45) is -5.03. The van der Waals surface area contributed by atoms with Crippen LogP contribution in [0.3, 0.4) is 0 Å². The van der Waals surface area contributed by atoms with E-state index in [4.69, 9.17) is 5.26 Å². The predicted octanol–water partition coefficient (Wildman–Crippen LogP) is 2.34. The molecule has 0 radical (unpaired) electrons. The van der Waals surface area contributed by atoms with E-state index < -0.39 is 29.4 Å². The first-order valence-electron chi connectivity index (χ1n) is 4.99. The summed E-state index contributed by atoms with van der Waals surface area (Å²) in [6.45, 7) is 1.41. The number of hydrogen-bond acceptors (Lipinski definition) is 5. The Bertz CT molecular complexity index is 534. The molecule has 1 rings (SSSR count). The third kappa shape index (κ3) is 3.51. The monoisotopic (exact) mass is 275 g/mol. The summed E-state index contributed by atoms with van der Waals surface area (Å²) in [5.74, 6) is -3.17. The minimum absolute atomic E-state index is 0.0620. The summed E-state index contributed by atoms with van der Waals surface area (Å²) >= 11 is 0. The lowest BCUT2D eigenvalue weighted by atomic mass is 10.1. The van der Waals surface area contributed by atoms with Gasteiger partial charge in [0.1, 0.15) is 11.6 Å². The highest BCUT2D eigenvalue weighted by atomic mass is 19.4. The number of aromatic hydroxyl groups is 1. The lowest BCUT2D eigenvalue weighted by Gasteiger charge is -2.13. The average Bonchev–Trinajstić information content (AvgIpc) is 2.30. The lowest BCUT2D eigenvalue weighted by molar-refractivity contribution is -0.275. The second kappa shape index (κ2) is 5.48. The second-order valence-electron chi connectivity index (χ2n) is 3.21. The zero-order chi connectivity index (χ0) is 14.6. The Morgan fingerprint density at radius 3 is 2.58 bits per heavy atom. The molecule has 0 aliphatic rings. The van der Waals surface area contributed by atoms with E-state index in [9.17, 15) is 23.1 Å². The van der Waals surface area contributed by atoms with Crippen LogP contribution in [-0.2, 0) is 4.74 Å². The van der Waals surface area contributed by atoms with E-state index in [1.165, 1.54) is 6.92 Å². The number of carbonyl (C=O) groups excluding carboxylic acids is 1. The zero-order valence-electron chi connectivity index (χ0n) is 9.61. The molecule has 0 fully saturated rings. The van der Waals surface area contributed by atoms with Crippen molar-refractivity contribution in [2.24, 2.45) is 0 Å². The third-order valence-corrected chi connectivity index (χ3v) is 1.97. The van der Waals surface area contributed by atoms with E-state index in [-0.39, 0.29) is 12.2 Å². The number of esters is 1. The van der Waals surface area contributed by atoms with Gasteiger partial charge in [0.25, 0.3) is 0 Å². The highest BCUT2D eigenvalue weighted by Crippen LogP contribution is 2.36. The lowest BCUT2D eigenvalue weighted by Crippen LogP contribution is -2.18. The van der Waals surface area contributed by atoms with Gasteiger partial charge in [0.15, 0.2) is 11.5 Å². The van der Waals surface area contributed by atoms with E-state index in [0.717, 1.165) is 12.1 Å². The van der Waals surface area contributed by atoms with Gasteiger partial charge in [0.05, 0.1) is 12.2 Å². The molecule has 1 N–H and O–H groups in total. The third-order valence-electron chi connectivity index (χ3n) is 1.97. The number of nitrogens with zero attached hydrogens (tertiary/aromatic N) is 1. The van der Waals surface area contributed by atoms with E-state index in [1.807, 2.05) is 0 Å². The Kier molecular flexibility index (Phi) is 4.22. The molecule has 1 aromatic rings. The Labute approximate surface area is 105 Å². The molecule has 0 aliphatic carbocycles. The summed E-state index contributed by atoms with van der Waals surface area (Å²) < 4.78 is 44.3. The van der Waals surface area contributed by atoms with E-state index >= 15 is 0 Å². The minimum atomic E-state index is -5.03. The van der Waals surface area contributed by atoms with Crippen LogP contribution in [-0.4, -0.2) is 24.0 Å². The van der Waals surface area contributed by atoms with Gasteiger partial charge < -0.3 is 14.6 Å². The number of phenolic OH excluding ortho intramolecular Hbond substituents is 1. The number of ether oxygens (including phenoxy) is 2. The highest BCUT2D eigenvalue weighted by molar-refractivity contribution is 5.96. The van der Waals surface area contributed by atoms with Gasteiger partial charge in [0, 0.05) is 0 Å². The summed E-state index contributed by atoms with van der Waals surface area (Å²) in [4.78, 5) is 11.5. The Hall–Kier alpha value is -2.43. The smallest absolute Gasteiger partial charge is 0.504 e. The number of hydrogen-bond donors (Lipinski definition) is 1. The molecule has 0 bridgehead atoms. The van der Waals surface area contributed by atoms with Gasteiger partial charge in [-0.2, -0.15) is 5.26 Å². The molecule has 19 heavy (non-hydrogen) atoms. The van der Waals surface area contributed by atoms with Gasteiger partial charge in [-0.3, -0.25) is 0 Å². The van der Waals surface area contributed by atoms with Crippen molar-refractivity contribution in [1.29, 1.82) is 5.26 Å². The van der Waals surface area contributed by atoms with Crippen LogP contribution in [0.4, 0.5) is 13.2 Å². The first-order chi connectivity index (χ1) is 8.80. The van der Waals surface area contributed by atoms with Gasteiger partial charge in [-0.25, -0.2) is 4.79 Å². The van der Waals surface area contributed by atoms with Gasteiger partial charge in [-0.15, -0.1) is 13.2 Å². The van der Waals surface area contributed by atoms with Crippen LogP contribution in [0.5, 0.6) is 11.5 Å². The fourth-order valence-electron chi connectivity index (χ4n) is 1.28. The molecule has 0 unspecified atom stereocenters. The molecule has 0 saturated carbocycles. The number of alkyl halides is 3. The van der Waals surface area contributed by atoms with Crippen molar-refractivity contribution in [1.82, 2.24) is 0 Å². The van der Waals surface area contributed by atoms with Crippen LogP contribution in [0.1, 0.15) is 22.8 Å². The zero-order valence-corrected chi connectivity index (χ0v) is 9.61. The number of phenols is 1. The van der Waals surface area contributed by atoms with Crippen molar-refractivity contribution in [3.63, 3.8) is 0 Å². The van der Waals surface area contributed by atoms with Crippen LogP contribution >= 0.6 is 0 Å². The van der Waals surface area contributed by atoms with Gasteiger partial charge in [-0.1, -0.05) is 0 Å². The van der Waals surface area contributed by atoms with E-state index in [2.05, 4.69) is 9.47 Å². The number of rotatable bonds is 3. The number of nitriles is 1. The molecule has 0 saturated heterocycles. The van der Waals surface area contributed by atoms with Crippen molar-refractivity contribution in [2.45, 2.75) is 13.3 Å². The molecule has 102 valence electrons. The first kappa shape index (κ1) is 14.6. The topological polar surface area (TPSA) is 79.6 Å². The average molecular weight is 275 g/mol. The van der Waals surface area contributed by atoms with Crippen molar-refractivity contribution in [3.05, 3.63) is 23.3 Å². The van der Waals surface area contributed by atoms with E-state index in [1.54, 1.807) is 6.07 Å². The fourth-order valence-corrected chi connectivity index (χ4v) is 1.28. The van der Waals surface area contributed by atoms with Gasteiger partial charge in [-0.05, 0) is 19.1 Å². The Morgan fingerprint density at radius 1 is 1.47 bits per heavy atom. The summed E-state index contributed by atoms with van der Waals surface area (Å²) in [7, 11) is 0. The second-order valence-corrected chi connectivity index (χ2v) is 3.21. The summed E-state index contributed by atoms with van der Waals surface area (Å²) in [5.41, 5.74) is -0.975. The number of carbonyl (C=O) groups is 1. The maximum absolute atomic E-state index is 12.1. The Morgan fingerprint density at radius 2 is 2.11 bits per heavy atom. The van der Waals surface area contributed by atoms with Crippen LogP contribution in [0.25, 0.3) is 0 Å². The largest absolute Gasteiger partial charge is 0.573 e. The summed E-state index contributed by atoms with van der Waals surface area (Å²) in [6, 6.07) is 3.23.